The van der Waals surface area contributed by atoms with Gasteiger partial charge in [-0.05, 0) is 36.6 Å². The number of carbonyl (C=O) groups excluding carboxylic acids is 1. The van der Waals surface area contributed by atoms with Gasteiger partial charge in [0.05, 0.1) is 0 Å². The van der Waals surface area contributed by atoms with E-state index in [1.165, 1.54) is 0 Å². The number of piperidine rings is 1. The van der Waals surface area contributed by atoms with Crippen molar-refractivity contribution >= 4 is 6.03 Å². The zero-order valence-corrected chi connectivity index (χ0v) is 13.2. The lowest BCUT2D eigenvalue weighted by Crippen LogP contribution is -2.52. The summed E-state index contributed by atoms with van der Waals surface area (Å²) in [5, 5.41) is 2.99. The van der Waals surface area contributed by atoms with Crippen LogP contribution in [0.5, 0.6) is 0 Å². The Morgan fingerprint density at radius 2 is 2.19 bits per heavy atom. The first-order valence-corrected chi connectivity index (χ1v) is 7.73. The predicted molar refractivity (Wildman–Crippen MR) is 83.9 cm³/mol. The Bertz CT molecular complexity index is 451. The Morgan fingerprint density at radius 3 is 2.81 bits per heavy atom. The molecule has 0 unspecified atom stereocenters. The molecule has 5 heteroatoms. The Hall–Kier alpha value is -1.62. The summed E-state index contributed by atoms with van der Waals surface area (Å²) in [6.07, 6.45) is 4.54. The normalized spacial score (nSPS) is 22.8. The summed E-state index contributed by atoms with van der Waals surface area (Å²) in [5.74, 6) is 0.510. The minimum atomic E-state index is 0.00797. The van der Waals surface area contributed by atoms with E-state index in [9.17, 15) is 4.79 Å². The Balaban J connectivity index is 1.84. The van der Waals surface area contributed by atoms with E-state index >= 15 is 0 Å². The minimum Gasteiger partial charge on any atom is -0.334 e. The van der Waals surface area contributed by atoms with Crippen molar-refractivity contribution in [1.82, 2.24) is 20.1 Å². The lowest BCUT2D eigenvalue weighted by molar-refractivity contribution is 0.0962. The maximum absolute atomic E-state index is 12.3. The van der Waals surface area contributed by atoms with E-state index in [1.54, 1.807) is 12.4 Å². The van der Waals surface area contributed by atoms with Gasteiger partial charge in [0.25, 0.3) is 0 Å². The Kier molecular flexibility index (Phi) is 5.56. The molecule has 116 valence electrons. The molecule has 0 spiro atoms. The summed E-state index contributed by atoms with van der Waals surface area (Å²) >= 11 is 0. The maximum Gasteiger partial charge on any atom is 0.317 e. The van der Waals surface area contributed by atoms with Crippen LogP contribution in [0, 0.1) is 5.92 Å². The van der Waals surface area contributed by atoms with Gasteiger partial charge < -0.3 is 15.1 Å². The monoisotopic (exact) mass is 290 g/mol. The molecule has 21 heavy (non-hydrogen) atoms. The molecule has 1 saturated heterocycles. The Morgan fingerprint density at radius 1 is 1.48 bits per heavy atom. The number of rotatable bonds is 4. The first-order chi connectivity index (χ1) is 10.1. The van der Waals surface area contributed by atoms with Crippen molar-refractivity contribution in [2.75, 3.05) is 26.7 Å². The largest absolute Gasteiger partial charge is 0.334 e. The number of nitrogens with one attached hydrogen (secondary N) is 1. The second kappa shape index (κ2) is 7.41. The van der Waals surface area contributed by atoms with Crippen molar-refractivity contribution in [3.05, 3.63) is 30.1 Å². The SMILES string of the molecule is CCN1CC[C@H](N(C)C(=O)NCc2ccncc2)[C@@H](C)C1. The highest BCUT2D eigenvalue weighted by atomic mass is 16.2. The molecule has 0 aliphatic carbocycles. The van der Waals surface area contributed by atoms with Crippen LogP contribution in [0.3, 0.4) is 0 Å². The quantitative estimate of drug-likeness (QED) is 0.922. The molecular formula is C16H26N4O. The van der Waals surface area contributed by atoms with Gasteiger partial charge in [-0.1, -0.05) is 13.8 Å². The molecule has 2 atom stereocenters. The van der Waals surface area contributed by atoms with E-state index in [-0.39, 0.29) is 6.03 Å². The van der Waals surface area contributed by atoms with E-state index in [0.717, 1.165) is 31.6 Å². The van der Waals surface area contributed by atoms with Gasteiger partial charge in [0.1, 0.15) is 0 Å². The van der Waals surface area contributed by atoms with Crippen molar-refractivity contribution in [1.29, 1.82) is 0 Å². The lowest BCUT2D eigenvalue weighted by atomic mass is 9.93. The smallest absolute Gasteiger partial charge is 0.317 e. The number of aromatic nitrogens is 1. The molecule has 1 aromatic heterocycles. The van der Waals surface area contributed by atoms with E-state index < -0.39 is 0 Å². The van der Waals surface area contributed by atoms with Crippen LogP contribution in [-0.4, -0.2) is 53.5 Å². The first kappa shape index (κ1) is 15.8. The van der Waals surface area contributed by atoms with E-state index in [4.69, 9.17) is 0 Å². The van der Waals surface area contributed by atoms with E-state index in [1.807, 2.05) is 24.1 Å². The van der Waals surface area contributed by atoms with Gasteiger partial charge in [-0.15, -0.1) is 0 Å². The average Bonchev–Trinajstić information content (AvgIpc) is 2.52. The van der Waals surface area contributed by atoms with E-state index in [0.29, 0.717) is 18.5 Å². The molecule has 2 rings (SSSR count). The number of carbonyl (C=O) groups is 1. The van der Waals surface area contributed by atoms with E-state index in [2.05, 4.69) is 29.0 Å². The van der Waals surface area contributed by atoms with Crippen molar-refractivity contribution < 1.29 is 4.79 Å². The molecule has 2 heterocycles. The highest BCUT2D eigenvalue weighted by Crippen LogP contribution is 2.21. The van der Waals surface area contributed by atoms with Crippen LogP contribution in [0.1, 0.15) is 25.8 Å². The van der Waals surface area contributed by atoms with Crippen molar-refractivity contribution in [2.45, 2.75) is 32.9 Å². The molecule has 0 radical (unpaired) electrons. The zero-order chi connectivity index (χ0) is 15.2. The fourth-order valence-electron chi connectivity index (χ4n) is 3.04. The van der Waals surface area contributed by atoms with Crippen molar-refractivity contribution in [3.8, 4) is 0 Å². The van der Waals surface area contributed by atoms with Crippen LogP contribution < -0.4 is 5.32 Å². The number of urea groups is 1. The average molecular weight is 290 g/mol. The molecule has 1 N–H and O–H groups in total. The summed E-state index contributed by atoms with van der Waals surface area (Å²) < 4.78 is 0. The summed E-state index contributed by atoms with van der Waals surface area (Å²) in [7, 11) is 1.91. The molecule has 1 aliphatic rings. The lowest BCUT2D eigenvalue weighted by Gasteiger charge is -2.40. The van der Waals surface area contributed by atoms with Crippen LogP contribution >= 0.6 is 0 Å². The van der Waals surface area contributed by atoms with Gasteiger partial charge in [-0.25, -0.2) is 4.79 Å². The van der Waals surface area contributed by atoms with Crippen molar-refractivity contribution in [3.63, 3.8) is 0 Å². The topological polar surface area (TPSA) is 48.5 Å². The van der Waals surface area contributed by atoms with Crippen LogP contribution in [-0.2, 0) is 6.54 Å². The number of hydrogen-bond donors (Lipinski definition) is 1. The summed E-state index contributed by atoms with van der Waals surface area (Å²) in [6.45, 7) is 8.22. The van der Waals surface area contributed by atoms with Gasteiger partial charge >= 0.3 is 6.03 Å². The molecule has 5 nitrogen and oxygen atoms in total. The zero-order valence-electron chi connectivity index (χ0n) is 13.2. The molecule has 0 bridgehead atoms. The molecular weight excluding hydrogens is 264 g/mol. The van der Waals surface area contributed by atoms with Crippen LogP contribution in [0.15, 0.2) is 24.5 Å². The van der Waals surface area contributed by atoms with Gasteiger partial charge in [-0.2, -0.15) is 0 Å². The molecule has 1 fully saturated rings. The number of amides is 2. The molecule has 1 aromatic rings. The third kappa shape index (κ3) is 4.17. The number of nitrogens with zero attached hydrogens (tertiary/aromatic N) is 3. The van der Waals surface area contributed by atoms with Gasteiger partial charge in [0.15, 0.2) is 0 Å². The number of likely N-dealkylation sites (tertiary alicyclic amines) is 1. The molecule has 0 saturated carbocycles. The van der Waals surface area contributed by atoms with Gasteiger partial charge in [0.2, 0.25) is 0 Å². The highest BCUT2D eigenvalue weighted by Gasteiger charge is 2.30. The fraction of sp³-hybridized carbons (Fsp3) is 0.625. The molecule has 0 aromatic carbocycles. The van der Waals surface area contributed by atoms with Gasteiger partial charge in [-0.3, -0.25) is 4.98 Å². The number of hydrogen-bond acceptors (Lipinski definition) is 3. The summed E-state index contributed by atoms with van der Waals surface area (Å²) in [5.41, 5.74) is 1.07. The second-order valence-electron chi connectivity index (χ2n) is 5.85. The minimum absolute atomic E-state index is 0.00797. The van der Waals surface area contributed by atoms with Crippen LogP contribution in [0.4, 0.5) is 4.79 Å². The highest BCUT2D eigenvalue weighted by molar-refractivity contribution is 5.74. The number of pyridine rings is 1. The third-order valence-corrected chi connectivity index (χ3v) is 4.40. The standard InChI is InChI=1S/C16H26N4O/c1-4-20-10-7-15(13(2)12-20)19(3)16(21)18-11-14-5-8-17-9-6-14/h5-6,8-9,13,15H,4,7,10-12H2,1-3H3,(H,18,21)/t13-,15-/m0/s1. The third-order valence-electron chi connectivity index (χ3n) is 4.40. The van der Waals surface area contributed by atoms with Crippen molar-refractivity contribution in [2.24, 2.45) is 5.92 Å². The second-order valence-corrected chi connectivity index (χ2v) is 5.85. The summed E-state index contributed by atoms with van der Waals surface area (Å²) in [4.78, 5) is 20.6. The molecule has 1 aliphatic heterocycles. The summed E-state index contributed by atoms with van der Waals surface area (Å²) in [6, 6.07) is 4.17. The predicted octanol–water partition coefficient (Wildman–Crippen LogP) is 1.95. The fourth-order valence-corrected chi connectivity index (χ4v) is 3.04. The Labute approximate surface area is 127 Å². The maximum atomic E-state index is 12.3. The van der Waals surface area contributed by atoms with Crippen LogP contribution in [0.25, 0.3) is 0 Å². The van der Waals surface area contributed by atoms with Gasteiger partial charge in [0, 0.05) is 45.1 Å². The molecule has 2 amide bonds. The van der Waals surface area contributed by atoms with Crippen LogP contribution in [0.2, 0.25) is 0 Å². The first-order valence-electron chi connectivity index (χ1n) is 7.73.